The van der Waals surface area contributed by atoms with Crippen LogP contribution in [-0.2, 0) is 4.79 Å². The molecule has 5 heteroatoms. The van der Waals surface area contributed by atoms with E-state index in [0.29, 0.717) is 0 Å². The number of hydrogen-bond acceptors (Lipinski definition) is 4. The SMILES string of the molecule is O=C(CC(=O)C1CC1)c1ccccc1[N+](=O)[O-]. The van der Waals surface area contributed by atoms with E-state index in [0.717, 1.165) is 12.8 Å². The maximum absolute atomic E-state index is 11.8. The molecule has 1 aromatic rings. The molecule has 1 aliphatic rings. The Labute approximate surface area is 97.6 Å². The van der Waals surface area contributed by atoms with Crippen LogP contribution in [0.3, 0.4) is 0 Å². The Morgan fingerprint density at radius 3 is 2.53 bits per heavy atom. The summed E-state index contributed by atoms with van der Waals surface area (Å²) in [6.45, 7) is 0. The standard InChI is InChI=1S/C12H11NO4/c14-11(8-5-6-8)7-12(15)9-3-1-2-4-10(9)13(16)17/h1-4,8H,5-7H2. The molecule has 88 valence electrons. The topological polar surface area (TPSA) is 77.3 Å². The first-order valence-electron chi connectivity index (χ1n) is 5.39. The number of nitro benzene ring substituents is 1. The van der Waals surface area contributed by atoms with Crippen LogP contribution in [-0.4, -0.2) is 16.5 Å². The zero-order valence-corrected chi connectivity index (χ0v) is 9.09. The van der Waals surface area contributed by atoms with Gasteiger partial charge in [-0.2, -0.15) is 0 Å². The number of benzene rings is 1. The van der Waals surface area contributed by atoms with Crippen molar-refractivity contribution in [3.63, 3.8) is 0 Å². The average Bonchev–Trinajstić information content (AvgIpc) is 3.12. The molecule has 1 aromatic carbocycles. The van der Waals surface area contributed by atoms with E-state index in [2.05, 4.69) is 0 Å². The lowest BCUT2D eigenvalue weighted by atomic mass is 10.0. The summed E-state index contributed by atoms with van der Waals surface area (Å²) < 4.78 is 0. The van der Waals surface area contributed by atoms with Crippen molar-refractivity contribution in [2.24, 2.45) is 5.92 Å². The van der Waals surface area contributed by atoms with Crippen LogP contribution >= 0.6 is 0 Å². The largest absolute Gasteiger partial charge is 0.299 e. The Morgan fingerprint density at radius 1 is 1.29 bits per heavy atom. The summed E-state index contributed by atoms with van der Waals surface area (Å²) in [7, 11) is 0. The number of rotatable bonds is 5. The van der Waals surface area contributed by atoms with Crippen molar-refractivity contribution in [1.82, 2.24) is 0 Å². The molecule has 17 heavy (non-hydrogen) atoms. The molecule has 0 spiro atoms. The number of carbonyl (C=O) groups excluding carboxylic acids is 2. The maximum atomic E-state index is 11.8. The summed E-state index contributed by atoms with van der Waals surface area (Å²) in [5, 5.41) is 10.7. The molecule has 0 saturated heterocycles. The predicted molar refractivity (Wildman–Crippen MR) is 59.8 cm³/mol. The number of ketones is 2. The summed E-state index contributed by atoms with van der Waals surface area (Å²) in [6, 6.07) is 5.72. The zero-order valence-electron chi connectivity index (χ0n) is 9.09. The second kappa shape index (κ2) is 4.45. The van der Waals surface area contributed by atoms with Crippen molar-refractivity contribution in [3.05, 3.63) is 39.9 Å². The molecule has 1 fully saturated rings. The van der Waals surface area contributed by atoms with Gasteiger partial charge in [0.25, 0.3) is 5.69 Å². The number of Topliss-reactive ketones (excluding diaryl/α,β-unsaturated/α-hetero) is 2. The highest BCUT2D eigenvalue weighted by molar-refractivity contribution is 6.10. The molecule has 0 aromatic heterocycles. The molecule has 0 aliphatic heterocycles. The normalized spacial score (nSPS) is 14.4. The van der Waals surface area contributed by atoms with E-state index < -0.39 is 10.7 Å². The fourth-order valence-electron chi connectivity index (χ4n) is 1.67. The molecule has 0 atom stereocenters. The van der Waals surface area contributed by atoms with E-state index in [-0.39, 0.29) is 29.4 Å². The average molecular weight is 233 g/mol. The third kappa shape index (κ3) is 2.55. The molecule has 5 nitrogen and oxygen atoms in total. The molecule has 0 bridgehead atoms. The summed E-state index contributed by atoms with van der Waals surface area (Å²) in [5.41, 5.74) is -0.215. The Hall–Kier alpha value is -2.04. The van der Waals surface area contributed by atoms with Gasteiger partial charge in [-0.1, -0.05) is 12.1 Å². The fourth-order valence-corrected chi connectivity index (χ4v) is 1.67. The first kappa shape index (κ1) is 11.4. The van der Waals surface area contributed by atoms with Crippen LogP contribution < -0.4 is 0 Å². The smallest absolute Gasteiger partial charge is 0.280 e. The van der Waals surface area contributed by atoms with Gasteiger partial charge in [-0.25, -0.2) is 0 Å². The van der Waals surface area contributed by atoms with Crippen molar-refractivity contribution >= 4 is 17.3 Å². The second-order valence-corrected chi connectivity index (χ2v) is 4.11. The summed E-state index contributed by atoms with van der Waals surface area (Å²) >= 11 is 0. The van der Waals surface area contributed by atoms with E-state index in [1.165, 1.54) is 18.2 Å². The summed E-state index contributed by atoms with van der Waals surface area (Å²) in [4.78, 5) is 33.4. The Balaban J connectivity index is 2.18. The van der Waals surface area contributed by atoms with Crippen molar-refractivity contribution in [1.29, 1.82) is 0 Å². The van der Waals surface area contributed by atoms with Gasteiger partial charge >= 0.3 is 0 Å². The molecule has 0 amide bonds. The van der Waals surface area contributed by atoms with Gasteiger partial charge in [-0.3, -0.25) is 19.7 Å². The van der Waals surface area contributed by atoms with Crippen LogP contribution in [0.5, 0.6) is 0 Å². The third-order valence-corrected chi connectivity index (χ3v) is 2.77. The lowest BCUT2D eigenvalue weighted by Gasteiger charge is -2.01. The van der Waals surface area contributed by atoms with Crippen LogP contribution in [0.1, 0.15) is 29.6 Å². The monoisotopic (exact) mass is 233 g/mol. The first-order chi connectivity index (χ1) is 8.09. The maximum Gasteiger partial charge on any atom is 0.280 e. The molecular formula is C12H11NO4. The minimum absolute atomic E-state index is 0.00159. The number of carbonyl (C=O) groups is 2. The van der Waals surface area contributed by atoms with Crippen LogP contribution in [0.4, 0.5) is 5.69 Å². The quantitative estimate of drug-likeness (QED) is 0.338. The van der Waals surface area contributed by atoms with Crippen molar-refractivity contribution in [3.8, 4) is 0 Å². The van der Waals surface area contributed by atoms with Gasteiger partial charge in [0.05, 0.1) is 16.9 Å². The van der Waals surface area contributed by atoms with Crippen LogP contribution in [0.15, 0.2) is 24.3 Å². The Bertz CT molecular complexity index is 491. The van der Waals surface area contributed by atoms with E-state index in [4.69, 9.17) is 0 Å². The van der Waals surface area contributed by atoms with Gasteiger partial charge in [0.1, 0.15) is 5.78 Å². The van der Waals surface area contributed by atoms with E-state index in [1.54, 1.807) is 6.07 Å². The van der Waals surface area contributed by atoms with Crippen molar-refractivity contribution in [2.75, 3.05) is 0 Å². The number of nitrogens with zero attached hydrogens (tertiary/aromatic N) is 1. The molecule has 1 aliphatic carbocycles. The number of para-hydroxylation sites is 1. The van der Waals surface area contributed by atoms with Crippen molar-refractivity contribution < 1.29 is 14.5 Å². The Kier molecular flexibility index (Phi) is 2.99. The second-order valence-electron chi connectivity index (χ2n) is 4.11. The van der Waals surface area contributed by atoms with Crippen LogP contribution in [0.2, 0.25) is 0 Å². The minimum atomic E-state index is -0.602. The van der Waals surface area contributed by atoms with Crippen LogP contribution in [0, 0.1) is 16.0 Å². The van der Waals surface area contributed by atoms with E-state index in [1.807, 2.05) is 0 Å². The molecule has 2 rings (SSSR count). The Morgan fingerprint density at radius 2 is 1.94 bits per heavy atom. The zero-order chi connectivity index (χ0) is 12.4. The van der Waals surface area contributed by atoms with Gasteiger partial charge in [-0.15, -0.1) is 0 Å². The number of hydrogen-bond donors (Lipinski definition) is 0. The molecule has 0 heterocycles. The molecular weight excluding hydrogens is 222 g/mol. The van der Waals surface area contributed by atoms with Gasteiger partial charge < -0.3 is 0 Å². The third-order valence-electron chi connectivity index (χ3n) is 2.77. The highest BCUT2D eigenvalue weighted by Gasteiger charge is 2.32. The van der Waals surface area contributed by atoms with Gasteiger partial charge in [0.15, 0.2) is 5.78 Å². The van der Waals surface area contributed by atoms with E-state index >= 15 is 0 Å². The molecule has 0 radical (unpaired) electrons. The minimum Gasteiger partial charge on any atom is -0.299 e. The number of nitro groups is 1. The summed E-state index contributed by atoms with van der Waals surface area (Å²) in [5.74, 6) is -0.566. The molecule has 1 saturated carbocycles. The lowest BCUT2D eigenvalue weighted by molar-refractivity contribution is -0.385. The van der Waals surface area contributed by atoms with Gasteiger partial charge in [0.2, 0.25) is 0 Å². The lowest BCUT2D eigenvalue weighted by Crippen LogP contribution is -2.11. The highest BCUT2D eigenvalue weighted by Crippen LogP contribution is 2.31. The predicted octanol–water partition coefficient (Wildman–Crippen LogP) is 2.15. The van der Waals surface area contributed by atoms with Gasteiger partial charge in [-0.05, 0) is 18.9 Å². The van der Waals surface area contributed by atoms with Gasteiger partial charge in [0, 0.05) is 12.0 Å². The highest BCUT2D eigenvalue weighted by atomic mass is 16.6. The van der Waals surface area contributed by atoms with Crippen molar-refractivity contribution in [2.45, 2.75) is 19.3 Å². The first-order valence-corrected chi connectivity index (χ1v) is 5.39. The van der Waals surface area contributed by atoms with E-state index in [9.17, 15) is 19.7 Å². The van der Waals surface area contributed by atoms with Crippen LogP contribution in [0.25, 0.3) is 0 Å². The molecule has 0 unspecified atom stereocenters. The summed E-state index contributed by atoms with van der Waals surface area (Å²) in [6.07, 6.45) is 1.45. The fraction of sp³-hybridized carbons (Fsp3) is 0.333. The molecule has 0 N–H and O–H groups in total.